The smallest absolute Gasteiger partial charge is 0.311 e. The van der Waals surface area contributed by atoms with E-state index in [1.807, 2.05) is 6.92 Å². The van der Waals surface area contributed by atoms with Crippen LogP contribution in [0.3, 0.4) is 0 Å². The van der Waals surface area contributed by atoms with Crippen LogP contribution < -0.4 is 5.32 Å². The molecule has 5 nitrogen and oxygen atoms in total. The fraction of sp³-hybridized carbons (Fsp3) is 0.615. The SMILES string of the molecule is Cc1cnc(NCC2CCC(C)C2)c([N+](=O)[O-])c1. The third kappa shape index (κ3) is 2.97. The molecule has 5 heteroatoms. The molecular weight excluding hydrogens is 230 g/mol. The zero-order valence-corrected chi connectivity index (χ0v) is 10.8. The van der Waals surface area contributed by atoms with Gasteiger partial charge in [0.1, 0.15) is 0 Å². The Morgan fingerprint density at radius 3 is 2.94 bits per heavy atom. The number of aromatic nitrogens is 1. The van der Waals surface area contributed by atoms with Crippen molar-refractivity contribution in [3.63, 3.8) is 0 Å². The van der Waals surface area contributed by atoms with Gasteiger partial charge in [-0.1, -0.05) is 13.3 Å². The summed E-state index contributed by atoms with van der Waals surface area (Å²) in [6.07, 6.45) is 5.32. The molecule has 1 aliphatic rings. The van der Waals surface area contributed by atoms with Gasteiger partial charge in [0.15, 0.2) is 0 Å². The van der Waals surface area contributed by atoms with Gasteiger partial charge in [0.25, 0.3) is 0 Å². The zero-order chi connectivity index (χ0) is 13.1. The molecule has 18 heavy (non-hydrogen) atoms. The molecule has 2 rings (SSSR count). The van der Waals surface area contributed by atoms with Crippen molar-refractivity contribution in [3.8, 4) is 0 Å². The van der Waals surface area contributed by atoms with Crippen molar-refractivity contribution < 1.29 is 4.92 Å². The highest BCUT2D eigenvalue weighted by Gasteiger charge is 2.22. The molecule has 0 radical (unpaired) electrons. The lowest BCUT2D eigenvalue weighted by atomic mass is 10.1. The molecule has 98 valence electrons. The third-order valence-corrected chi connectivity index (χ3v) is 3.56. The van der Waals surface area contributed by atoms with Gasteiger partial charge in [-0.3, -0.25) is 10.1 Å². The summed E-state index contributed by atoms with van der Waals surface area (Å²) in [5.41, 5.74) is 0.878. The van der Waals surface area contributed by atoms with Crippen LogP contribution in [0.4, 0.5) is 11.5 Å². The van der Waals surface area contributed by atoms with Crippen LogP contribution in [-0.4, -0.2) is 16.5 Å². The van der Waals surface area contributed by atoms with Crippen LogP contribution in [0.5, 0.6) is 0 Å². The molecule has 1 aromatic rings. The average Bonchev–Trinajstić information content (AvgIpc) is 2.73. The van der Waals surface area contributed by atoms with E-state index in [1.165, 1.54) is 19.3 Å². The minimum Gasteiger partial charge on any atom is -0.364 e. The lowest BCUT2D eigenvalue weighted by molar-refractivity contribution is -0.384. The molecule has 0 bridgehead atoms. The van der Waals surface area contributed by atoms with Gasteiger partial charge < -0.3 is 5.32 Å². The normalized spacial score (nSPS) is 23.0. The fourth-order valence-corrected chi connectivity index (χ4v) is 2.58. The molecular formula is C13H19N3O2. The van der Waals surface area contributed by atoms with Crippen LogP contribution in [-0.2, 0) is 0 Å². The number of nitro groups is 1. The van der Waals surface area contributed by atoms with E-state index in [9.17, 15) is 10.1 Å². The minimum atomic E-state index is -0.375. The number of pyridine rings is 1. The molecule has 0 amide bonds. The van der Waals surface area contributed by atoms with Gasteiger partial charge in [0.05, 0.1) is 4.92 Å². The molecule has 0 aromatic carbocycles. The molecule has 2 atom stereocenters. The summed E-state index contributed by atoms with van der Waals surface area (Å²) in [6, 6.07) is 1.56. The van der Waals surface area contributed by atoms with Crippen LogP contribution in [0, 0.1) is 28.9 Å². The van der Waals surface area contributed by atoms with Crippen molar-refractivity contribution in [2.45, 2.75) is 33.1 Å². The van der Waals surface area contributed by atoms with Gasteiger partial charge in [-0.2, -0.15) is 0 Å². The molecule has 1 aromatic heterocycles. The maximum Gasteiger partial charge on any atom is 0.311 e. The molecule has 1 aliphatic carbocycles. The van der Waals surface area contributed by atoms with E-state index in [1.54, 1.807) is 12.3 Å². The van der Waals surface area contributed by atoms with E-state index in [2.05, 4.69) is 17.2 Å². The van der Waals surface area contributed by atoms with Crippen molar-refractivity contribution in [2.24, 2.45) is 11.8 Å². The van der Waals surface area contributed by atoms with E-state index in [4.69, 9.17) is 0 Å². The minimum absolute atomic E-state index is 0.0704. The lowest BCUT2D eigenvalue weighted by Crippen LogP contribution is -2.13. The van der Waals surface area contributed by atoms with Gasteiger partial charge in [-0.25, -0.2) is 4.98 Å². The van der Waals surface area contributed by atoms with E-state index in [-0.39, 0.29) is 10.6 Å². The Kier molecular flexibility index (Phi) is 3.79. The summed E-state index contributed by atoms with van der Waals surface area (Å²) >= 11 is 0. The summed E-state index contributed by atoms with van der Waals surface area (Å²) in [5, 5.41) is 14.1. The average molecular weight is 249 g/mol. The summed E-state index contributed by atoms with van der Waals surface area (Å²) < 4.78 is 0. The number of rotatable bonds is 4. The number of anilines is 1. The Morgan fingerprint density at radius 2 is 2.33 bits per heavy atom. The first kappa shape index (κ1) is 12.8. The maximum absolute atomic E-state index is 10.9. The second-order valence-electron chi connectivity index (χ2n) is 5.30. The molecule has 0 aliphatic heterocycles. The fourth-order valence-electron chi connectivity index (χ4n) is 2.58. The number of nitrogens with zero attached hydrogens (tertiary/aromatic N) is 2. The standard InChI is InChI=1S/C13H19N3O2/c1-9-3-4-11(5-9)8-15-13-12(16(17)18)6-10(2)7-14-13/h6-7,9,11H,3-5,8H2,1-2H3,(H,14,15). The second-order valence-corrected chi connectivity index (χ2v) is 5.30. The molecule has 1 fully saturated rings. The Labute approximate surface area is 107 Å². The maximum atomic E-state index is 10.9. The topological polar surface area (TPSA) is 68.1 Å². The molecule has 1 saturated carbocycles. The Hall–Kier alpha value is -1.65. The summed E-state index contributed by atoms with van der Waals surface area (Å²) in [7, 11) is 0. The van der Waals surface area contributed by atoms with Crippen LogP contribution in [0.2, 0.25) is 0 Å². The van der Waals surface area contributed by atoms with Gasteiger partial charge in [0.2, 0.25) is 5.82 Å². The van der Waals surface area contributed by atoms with Crippen molar-refractivity contribution >= 4 is 11.5 Å². The predicted molar refractivity (Wildman–Crippen MR) is 70.6 cm³/mol. The number of hydrogen-bond acceptors (Lipinski definition) is 4. The third-order valence-electron chi connectivity index (χ3n) is 3.56. The summed E-state index contributed by atoms with van der Waals surface area (Å²) in [5.74, 6) is 1.78. The van der Waals surface area contributed by atoms with Gasteiger partial charge in [-0.05, 0) is 37.2 Å². The van der Waals surface area contributed by atoms with Gasteiger partial charge >= 0.3 is 5.69 Å². The van der Waals surface area contributed by atoms with Crippen LogP contribution >= 0.6 is 0 Å². The second kappa shape index (κ2) is 5.33. The van der Waals surface area contributed by atoms with E-state index in [0.29, 0.717) is 11.7 Å². The lowest BCUT2D eigenvalue weighted by Gasteiger charge is -2.11. The van der Waals surface area contributed by atoms with Crippen LogP contribution in [0.15, 0.2) is 12.3 Å². The zero-order valence-electron chi connectivity index (χ0n) is 10.8. The number of hydrogen-bond donors (Lipinski definition) is 1. The quantitative estimate of drug-likeness (QED) is 0.657. The molecule has 2 unspecified atom stereocenters. The monoisotopic (exact) mass is 249 g/mol. The highest BCUT2D eigenvalue weighted by molar-refractivity contribution is 5.56. The first-order valence-corrected chi connectivity index (χ1v) is 6.41. The first-order chi connectivity index (χ1) is 8.56. The molecule has 0 spiro atoms. The van der Waals surface area contributed by atoms with Crippen molar-refractivity contribution in [1.29, 1.82) is 0 Å². The van der Waals surface area contributed by atoms with E-state index < -0.39 is 0 Å². The Morgan fingerprint density at radius 1 is 1.56 bits per heavy atom. The Bertz CT molecular complexity index is 448. The Balaban J connectivity index is 2.02. The number of aryl methyl sites for hydroxylation is 1. The van der Waals surface area contributed by atoms with E-state index in [0.717, 1.165) is 18.0 Å². The van der Waals surface area contributed by atoms with Gasteiger partial charge in [-0.15, -0.1) is 0 Å². The highest BCUT2D eigenvalue weighted by Crippen LogP contribution is 2.31. The summed E-state index contributed by atoms with van der Waals surface area (Å²) in [6.45, 7) is 4.84. The largest absolute Gasteiger partial charge is 0.364 e. The van der Waals surface area contributed by atoms with E-state index >= 15 is 0 Å². The molecule has 0 saturated heterocycles. The van der Waals surface area contributed by atoms with Gasteiger partial charge in [0, 0.05) is 18.8 Å². The number of nitrogens with one attached hydrogen (secondary N) is 1. The van der Waals surface area contributed by atoms with Crippen LogP contribution in [0.25, 0.3) is 0 Å². The highest BCUT2D eigenvalue weighted by atomic mass is 16.6. The van der Waals surface area contributed by atoms with Crippen molar-refractivity contribution in [1.82, 2.24) is 4.98 Å². The predicted octanol–water partition coefficient (Wildman–Crippen LogP) is 3.15. The van der Waals surface area contributed by atoms with Crippen LogP contribution in [0.1, 0.15) is 31.7 Å². The van der Waals surface area contributed by atoms with Crippen molar-refractivity contribution in [3.05, 3.63) is 27.9 Å². The molecule has 1 heterocycles. The first-order valence-electron chi connectivity index (χ1n) is 6.41. The summed E-state index contributed by atoms with van der Waals surface area (Å²) in [4.78, 5) is 14.7. The molecule has 1 N–H and O–H groups in total. The van der Waals surface area contributed by atoms with Crippen molar-refractivity contribution in [2.75, 3.05) is 11.9 Å².